The number of carbonyl (C=O) groups excluding carboxylic acids is 1. The quantitative estimate of drug-likeness (QED) is 0.474. The molecule has 0 aliphatic heterocycles. The molecule has 0 atom stereocenters. The van der Waals surface area contributed by atoms with Gasteiger partial charge in [-0.05, 0) is 18.6 Å². The predicted octanol–water partition coefficient (Wildman–Crippen LogP) is 2.99. The van der Waals surface area contributed by atoms with Gasteiger partial charge < -0.3 is 0 Å². The van der Waals surface area contributed by atoms with Crippen LogP contribution in [0.4, 0.5) is 5.69 Å². The van der Waals surface area contributed by atoms with Crippen molar-refractivity contribution in [3.8, 4) is 5.75 Å². The van der Waals surface area contributed by atoms with Gasteiger partial charge in [-0.25, -0.2) is 4.79 Å². The molecule has 0 amide bonds. The van der Waals surface area contributed by atoms with Crippen LogP contribution < -0.4 is 4.89 Å². The van der Waals surface area contributed by atoms with E-state index in [4.69, 9.17) is 0 Å². The normalized spacial score (nSPS) is 9.76. The maximum absolute atomic E-state index is 11.0. The fraction of sp³-hybridized carbons (Fsp3) is 0.300. The van der Waals surface area contributed by atoms with Crippen molar-refractivity contribution in [3.63, 3.8) is 0 Å². The van der Waals surface area contributed by atoms with Gasteiger partial charge in [-0.1, -0.05) is 22.9 Å². The topological polar surface area (TPSA) is 78.7 Å². The molecule has 0 aliphatic rings. The summed E-state index contributed by atoms with van der Waals surface area (Å²) in [7, 11) is 0. The summed E-state index contributed by atoms with van der Waals surface area (Å²) in [6, 6.07) is 4.17. The molecule has 1 rings (SSSR count). The van der Waals surface area contributed by atoms with Gasteiger partial charge in [-0.3, -0.25) is 19.9 Å². The molecule has 0 aromatic heterocycles. The van der Waals surface area contributed by atoms with Gasteiger partial charge in [0.2, 0.25) is 0 Å². The highest BCUT2D eigenvalue weighted by Gasteiger charge is 2.18. The van der Waals surface area contributed by atoms with E-state index in [1.165, 1.54) is 12.1 Å². The Morgan fingerprint density at radius 2 is 2.24 bits per heavy atom. The van der Waals surface area contributed by atoms with Gasteiger partial charge in [-0.15, -0.1) is 0 Å². The molecule has 1 aromatic carbocycles. The molecule has 0 fully saturated rings. The number of nitro groups is 1. The summed E-state index contributed by atoms with van der Waals surface area (Å²) < 4.78 is 0.538. The van der Waals surface area contributed by atoms with Crippen LogP contribution in [-0.2, 0) is 9.68 Å². The molecule has 1 aromatic rings. The van der Waals surface area contributed by atoms with Crippen LogP contribution >= 0.6 is 15.9 Å². The van der Waals surface area contributed by atoms with Gasteiger partial charge >= 0.3 is 11.7 Å². The molecule has 0 radical (unpaired) electrons. The first-order valence-electron chi connectivity index (χ1n) is 4.86. The number of hydrogen-bond acceptors (Lipinski definition) is 5. The summed E-state index contributed by atoms with van der Waals surface area (Å²) in [5.41, 5.74) is -0.274. The highest BCUT2D eigenvalue weighted by Crippen LogP contribution is 2.30. The lowest BCUT2D eigenvalue weighted by atomic mass is 10.3. The van der Waals surface area contributed by atoms with E-state index >= 15 is 0 Å². The SMILES string of the molecule is CCCC(=O)OOc1ccc(Br)cc1[N+](=O)[O-]. The van der Waals surface area contributed by atoms with Crippen molar-refractivity contribution < 1.29 is 19.5 Å². The second-order valence-corrected chi connectivity index (χ2v) is 4.07. The summed E-state index contributed by atoms with van der Waals surface area (Å²) >= 11 is 3.10. The molecule has 7 heteroatoms. The summed E-state index contributed by atoms with van der Waals surface area (Å²) in [6.45, 7) is 1.81. The van der Waals surface area contributed by atoms with E-state index in [2.05, 4.69) is 25.7 Å². The third-order valence-corrected chi connectivity index (χ3v) is 2.29. The van der Waals surface area contributed by atoms with Gasteiger partial charge in [-0.2, -0.15) is 0 Å². The summed E-state index contributed by atoms with van der Waals surface area (Å²) in [5, 5.41) is 10.7. The maximum Gasteiger partial charge on any atom is 0.355 e. The highest BCUT2D eigenvalue weighted by molar-refractivity contribution is 9.10. The predicted molar refractivity (Wildman–Crippen MR) is 62.4 cm³/mol. The number of benzene rings is 1. The molecule has 6 nitrogen and oxygen atoms in total. The zero-order valence-electron chi connectivity index (χ0n) is 9.01. The number of halogens is 1. The van der Waals surface area contributed by atoms with Crippen molar-refractivity contribution in [1.29, 1.82) is 0 Å². The minimum atomic E-state index is -0.617. The lowest BCUT2D eigenvalue weighted by Gasteiger charge is -2.04. The van der Waals surface area contributed by atoms with Gasteiger partial charge in [0.25, 0.3) is 5.75 Å². The van der Waals surface area contributed by atoms with Crippen LogP contribution in [0.1, 0.15) is 19.8 Å². The maximum atomic E-state index is 11.0. The minimum Gasteiger partial charge on any atom is -0.280 e. The Labute approximate surface area is 106 Å². The number of hydrogen-bond donors (Lipinski definition) is 0. The standard InChI is InChI=1S/C10H10BrNO5/c1-2-3-10(13)17-16-9-5-4-7(11)6-8(9)12(14)15/h4-6H,2-3H2,1H3. The zero-order valence-corrected chi connectivity index (χ0v) is 10.6. The number of nitro benzene ring substituents is 1. The largest absolute Gasteiger partial charge is 0.355 e. The van der Waals surface area contributed by atoms with E-state index < -0.39 is 10.9 Å². The molecular formula is C10H10BrNO5. The van der Waals surface area contributed by atoms with Crippen molar-refractivity contribution in [3.05, 3.63) is 32.8 Å². The second kappa shape index (κ2) is 6.19. The fourth-order valence-corrected chi connectivity index (χ4v) is 1.39. The molecule has 0 N–H and O–H groups in total. The van der Waals surface area contributed by atoms with Crippen molar-refractivity contribution in [2.45, 2.75) is 19.8 Å². The van der Waals surface area contributed by atoms with Crippen LogP contribution in [0.15, 0.2) is 22.7 Å². The molecule has 0 unspecified atom stereocenters. The number of nitrogens with zero attached hydrogens (tertiary/aromatic N) is 1. The molecule has 17 heavy (non-hydrogen) atoms. The Balaban J connectivity index is 2.77. The molecule has 0 saturated heterocycles. The highest BCUT2D eigenvalue weighted by atomic mass is 79.9. The van der Waals surface area contributed by atoms with Crippen LogP contribution in [0, 0.1) is 10.1 Å². The first kappa shape index (κ1) is 13.4. The zero-order chi connectivity index (χ0) is 12.8. The molecule has 92 valence electrons. The van der Waals surface area contributed by atoms with Crippen molar-refractivity contribution in [1.82, 2.24) is 0 Å². The monoisotopic (exact) mass is 303 g/mol. The van der Waals surface area contributed by atoms with Crippen LogP contribution in [0.3, 0.4) is 0 Å². The van der Waals surface area contributed by atoms with E-state index in [1.54, 1.807) is 6.07 Å². The smallest absolute Gasteiger partial charge is 0.280 e. The molecule has 0 spiro atoms. The van der Waals surface area contributed by atoms with Crippen LogP contribution in [0.25, 0.3) is 0 Å². The number of rotatable bonds is 5. The summed E-state index contributed by atoms with van der Waals surface area (Å²) in [5.74, 6) is -0.674. The van der Waals surface area contributed by atoms with Gasteiger partial charge in [0.05, 0.1) is 4.92 Å². The average Bonchev–Trinajstić information content (AvgIpc) is 2.27. The third-order valence-electron chi connectivity index (χ3n) is 1.80. The van der Waals surface area contributed by atoms with Crippen molar-refractivity contribution >= 4 is 27.6 Å². The van der Waals surface area contributed by atoms with Crippen molar-refractivity contribution in [2.75, 3.05) is 0 Å². The Hall–Kier alpha value is -1.63. The average molecular weight is 304 g/mol. The van der Waals surface area contributed by atoms with E-state index in [9.17, 15) is 14.9 Å². The Morgan fingerprint density at radius 1 is 1.53 bits per heavy atom. The van der Waals surface area contributed by atoms with Gasteiger partial charge in [0.15, 0.2) is 0 Å². The fourth-order valence-electron chi connectivity index (χ4n) is 1.04. The van der Waals surface area contributed by atoms with E-state index in [1.807, 2.05) is 6.92 Å². The second-order valence-electron chi connectivity index (χ2n) is 3.16. The number of carbonyl (C=O) groups is 1. The lowest BCUT2D eigenvalue weighted by molar-refractivity contribution is -0.388. The molecular weight excluding hydrogens is 294 g/mol. The lowest BCUT2D eigenvalue weighted by Crippen LogP contribution is -2.08. The van der Waals surface area contributed by atoms with E-state index in [0.29, 0.717) is 10.9 Å². The Kier molecular flexibility index (Phi) is 4.89. The summed E-state index contributed by atoms with van der Waals surface area (Å²) in [6.07, 6.45) is 0.814. The molecule has 0 heterocycles. The Bertz CT molecular complexity index is 435. The van der Waals surface area contributed by atoms with Crippen LogP contribution in [-0.4, -0.2) is 10.9 Å². The van der Waals surface area contributed by atoms with Gasteiger partial charge in [0.1, 0.15) is 0 Å². The first-order valence-corrected chi connectivity index (χ1v) is 5.65. The third kappa shape index (κ3) is 4.03. The minimum absolute atomic E-state index is 0.109. The van der Waals surface area contributed by atoms with Gasteiger partial charge in [0, 0.05) is 17.0 Å². The Morgan fingerprint density at radius 3 is 2.82 bits per heavy atom. The molecule has 0 bridgehead atoms. The van der Waals surface area contributed by atoms with Crippen LogP contribution in [0.2, 0.25) is 0 Å². The molecule has 0 saturated carbocycles. The first-order chi connectivity index (χ1) is 8.04. The van der Waals surface area contributed by atoms with E-state index in [-0.39, 0.29) is 17.9 Å². The van der Waals surface area contributed by atoms with Crippen LogP contribution in [0.5, 0.6) is 5.75 Å². The summed E-state index contributed by atoms with van der Waals surface area (Å²) in [4.78, 5) is 30.2. The van der Waals surface area contributed by atoms with Crippen molar-refractivity contribution in [2.24, 2.45) is 0 Å². The molecule has 0 aliphatic carbocycles. The van der Waals surface area contributed by atoms with E-state index in [0.717, 1.165) is 0 Å².